The Hall–Kier alpha value is -2.18. The summed E-state index contributed by atoms with van der Waals surface area (Å²) in [5.41, 5.74) is 3.65. The summed E-state index contributed by atoms with van der Waals surface area (Å²) in [6.07, 6.45) is 0. The zero-order chi connectivity index (χ0) is 15.8. The van der Waals surface area contributed by atoms with E-state index in [2.05, 4.69) is 21.2 Å². The molecule has 0 unspecified atom stereocenters. The number of anilines is 1. The van der Waals surface area contributed by atoms with Crippen molar-refractivity contribution in [3.63, 3.8) is 0 Å². The number of ether oxygens (including phenoxy) is 1. The van der Waals surface area contributed by atoms with Gasteiger partial charge in [0, 0.05) is 21.0 Å². The van der Waals surface area contributed by atoms with Crippen molar-refractivity contribution in [1.82, 2.24) is 4.98 Å². The molecule has 23 heavy (non-hydrogen) atoms. The molecule has 1 N–H and O–H groups in total. The summed E-state index contributed by atoms with van der Waals surface area (Å²) in [6, 6.07) is 13.8. The van der Waals surface area contributed by atoms with Crippen molar-refractivity contribution in [3.05, 3.63) is 52.3 Å². The molecule has 2 heterocycles. The number of thiazole rings is 1. The first kappa shape index (κ1) is 14.4. The van der Waals surface area contributed by atoms with Gasteiger partial charge < -0.3 is 10.1 Å². The molecule has 1 amide bonds. The highest BCUT2D eigenvalue weighted by Crippen LogP contribution is 2.35. The van der Waals surface area contributed by atoms with Crippen LogP contribution in [0.2, 0.25) is 0 Å². The number of rotatable bonds is 2. The van der Waals surface area contributed by atoms with Crippen molar-refractivity contribution in [3.8, 4) is 27.6 Å². The van der Waals surface area contributed by atoms with Crippen LogP contribution in [0, 0.1) is 0 Å². The van der Waals surface area contributed by atoms with Crippen molar-refractivity contribution in [1.29, 1.82) is 0 Å². The molecule has 1 aliphatic rings. The molecule has 4 nitrogen and oxygen atoms in total. The van der Waals surface area contributed by atoms with Gasteiger partial charge in [0.1, 0.15) is 10.8 Å². The number of hydrogen-bond donors (Lipinski definition) is 1. The number of nitrogens with one attached hydrogen (secondary N) is 1. The lowest BCUT2D eigenvalue weighted by Crippen LogP contribution is -2.25. The van der Waals surface area contributed by atoms with Crippen LogP contribution in [0.4, 0.5) is 5.69 Å². The molecule has 1 aliphatic heterocycles. The second-order valence-corrected chi connectivity index (χ2v) is 6.87. The Labute approximate surface area is 145 Å². The molecule has 3 aromatic rings. The summed E-state index contributed by atoms with van der Waals surface area (Å²) < 4.78 is 6.41. The van der Waals surface area contributed by atoms with Crippen molar-refractivity contribution in [2.24, 2.45) is 0 Å². The summed E-state index contributed by atoms with van der Waals surface area (Å²) in [5, 5.41) is 5.76. The first-order chi connectivity index (χ1) is 11.2. The smallest absolute Gasteiger partial charge is 0.262 e. The number of amides is 1. The predicted molar refractivity (Wildman–Crippen MR) is 94.8 cm³/mol. The lowest BCUT2D eigenvalue weighted by Gasteiger charge is -2.18. The fraction of sp³-hybridized carbons (Fsp3) is 0.0588. The van der Waals surface area contributed by atoms with E-state index in [1.807, 2.05) is 47.8 Å². The zero-order valence-electron chi connectivity index (χ0n) is 11.9. The van der Waals surface area contributed by atoms with E-state index in [1.54, 1.807) is 11.3 Å². The maximum atomic E-state index is 11.4. The van der Waals surface area contributed by atoms with Crippen LogP contribution in [0.25, 0.3) is 21.8 Å². The van der Waals surface area contributed by atoms with Gasteiger partial charge in [0.2, 0.25) is 0 Å². The van der Waals surface area contributed by atoms with Gasteiger partial charge in [-0.25, -0.2) is 4.98 Å². The van der Waals surface area contributed by atoms with E-state index < -0.39 is 0 Å². The molecule has 0 spiro atoms. The van der Waals surface area contributed by atoms with Gasteiger partial charge in [-0.05, 0) is 30.3 Å². The highest BCUT2D eigenvalue weighted by Gasteiger charge is 2.17. The predicted octanol–water partition coefficient (Wildman–Crippen LogP) is 4.57. The number of benzene rings is 2. The first-order valence-electron chi connectivity index (χ1n) is 6.97. The van der Waals surface area contributed by atoms with E-state index in [4.69, 9.17) is 9.72 Å². The molecule has 4 rings (SSSR count). The molecule has 0 saturated heterocycles. The summed E-state index contributed by atoms with van der Waals surface area (Å²) in [4.78, 5) is 16.1. The van der Waals surface area contributed by atoms with Gasteiger partial charge in [0.25, 0.3) is 5.91 Å². The summed E-state index contributed by atoms with van der Waals surface area (Å²) in [5.74, 6) is 0.556. The first-order valence-corrected chi connectivity index (χ1v) is 8.65. The Morgan fingerprint density at radius 2 is 2.09 bits per heavy atom. The minimum atomic E-state index is -0.136. The molecule has 2 aromatic carbocycles. The maximum absolute atomic E-state index is 11.4. The monoisotopic (exact) mass is 386 g/mol. The Bertz CT molecular complexity index is 907. The third kappa shape index (κ3) is 2.87. The molecule has 0 atom stereocenters. The van der Waals surface area contributed by atoms with Gasteiger partial charge in [-0.3, -0.25) is 4.79 Å². The third-order valence-electron chi connectivity index (χ3n) is 3.48. The van der Waals surface area contributed by atoms with Crippen LogP contribution in [0.1, 0.15) is 0 Å². The number of fused-ring (bicyclic) bond motifs is 1. The molecule has 0 fully saturated rings. The highest BCUT2D eigenvalue weighted by molar-refractivity contribution is 9.10. The number of halogens is 1. The van der Waals surface area contributed by atoms with Crippen molar-refractivity contribution >= 4 is 38.9 Å². The van der Waals surface area contributed by atoms with Crippen LogP contribution < -0.4 is 10.1 Å². The minimum Gasteiger partial charge on any atom is -0.482 e. The van der Waals surface area contributed by atoms with E-state index in [0.29, 0.717) is 11.4 Å². The molecule has 0 aliphatic carbocycles. The van der Waals surface area contributed by atoms with Crippen LogP contribution in [0.15, 0.2) is 52.3 Å². The Kier molecular flexibility index (Phi) is 3.63. The standard InChI is InChI=1S/C17H11BrN2O2S/c18-12-3-1-2-10(6-12)14-9-23-17(20-14)11-4-5-15-13(7-11)19-16(21)8-22-15/h1-7,9H,8H2,(H,19,21). The largest absolute Gasteiger partial charge is 0.482 e. The SMILES string of the molecule is O=C1COc2ccc(-c3nc(-c4cccc(Br)c4)cs3)cc2N1. The normalized spacial score (nSPS) is 13.2. The quantitative estimate of drug-likeness (QED) is 0.701. The van der Waals surface area contributed by atoms with Crippen molar-refractivity contribution < 1.29 is 9.53 Å². The van der Waals surface area contributed by atoms with E-state index in [9.17, 15) is 4.79 Å². The second kappa shape index (κ2) is 5.79. The minimum absolute atomic E-state index is 0.0661. The zero-order valence-corrected chi connectivity index (χ0v) is 14.3. The average Bonchev–Trinajstić information content (AvgIpc) is 3.04. The molecule has 0 bridgehead atoms. The number of carbonyl (C=O) groups excluding carboxylic acids is 1. The topological polar surface area (TPSA) is 51.2 Å². The van der Waals surface area contributed by atoms with E-state index in [-0.39, 0.29) is 12.5 Å². The fourth-order valence-corrected chi connectivity index (χ4v) is 3.63. The van der Waals surface area contributed by atoms with Crippen LogP contribution >= 0.6 is 27.3 Å². The molecular weight excluding hydrogens is 376 g/mol. The van der Waals surface area contributed by atoms with Crippen LogP contribution in [-0.2, 0) is 4.79 Å². The Balaban J connectivity index is 1.69. The van der Waals surface area contributed by atoms with Gasteiger partial charge in [-0.1, -0.05) is 28.1 Å². The van der Waals surface area contributed by atoms with Gasteiger partial charge in [0.05, 0.1) is 11.4 Å². The lowest BCUT2D eigenvalue weighted by molar-refractivity contribution is -0.118. The Morgan fingerprint density at radius 3 is 2.96 bits per heavy atom. The van der Waals surface area contributed by atoms with E-state index in [0.717, 1.165) is 26.3 Å². The highest BCUT2D eigenvalue weighted by atomic mass is 79.9. The number of aromatic nitrogens is 1. The van der Waals surface area contributed by atoms with Gasteiger partial charge in [-0.2, -0.15) is 0 Å². The summed E-state index contributed by atoms with van der Waals surface area (Å²) in [7, 11) is 0. The summed E-state index contributed by atoms with van der Waals surface area (Å²) in [6.45, 7) is 0.0661. The molecule has 114 valence electrons. The molecule has 6 heteroatoms. The van der Waals surface area contributed by atoms with Crippen LogP contribution in [0.3, 0.4) is 0 Å². The van der Waals surface area contributed by atoms with Crippen LogP contribution in [0.5, 0.6) is 5.75 Å². The van der Waals surface area contributed by atoms with Crippen molar-refractivity contribution in [2.45, 2.75) is 0 Å². The number of nitrogens with zero attached hydrogens (tertiary/aromatic N) is 1. The van der Waals surface area contributed by atoms with Gasteiger partial charge in [0.15, 0.2) is 6.61 Å². The molecule has 0 saturated carbocycles. The molecule has 1 aromatic heterocycles. The fourth-order valence-electron chi connectivity index (χ4n) is 2.40. The van der Waals surface area contributed by atoms with Crippen molar-refractivity contribution in [2.75, 3.05) is 11.9 Å². The molecule has 0 radical (unpaired) electrons. The second-order valence-electron chi connectivity index (χ2n) is 5.10. The Morgan fingerprint density at radius 1 is 1.17 bits per heavy atom. The van der Waals surface area contributed by atoms with Gasteiger partial charge in [-0.15, -0.1) is 11.3 Å². The van der Waals surface area contributed by atoms with E-state index in [1.165, 1.54) is 0 Å². The third-order valence-corrected chi connectivity index (χ3v) is 4.87. The lowest BCUT2D eigenvalue weighted by atomic mass is 10.1. The average molecular weight is 387 g/mol. The maximum Gasteiger partial charge on any atom is 0.262 e. The summed E-state index contributed by atoms with van der Waals surface area (Å²) >= 11 is 5.05. The number of carbonyl (C=O) groups is 1. The van der Waals surface area contributed by atoms with E-state index >= 15 is 0 Å². The number of hydrogen-bond acceptors (Lipinski definition) is 4. The molecular formula is C17H11BrN2O2S. The van der Waals surface area contributed by atoms with Crippen LogP contribution in [-0.4, -0.2) is 17.5 Å². The van der Waals surface area contributed by atoms with Gasteiger partial charge >= 0.3 is 0 Å².